The molecule has 46 heavy (non-hydrogen) atoms. The second-order valence-corrected chi connectivity index (χ2v) is 11.1. The molecule has 0 amide bonds. The summed E-state index contributed by atoms with van der Waals surface area (Å²) in [6, 6.07) is 0. The summed E-state index contributed by atoms with van der Waals surface area (Å²) in [4.78, 5) is 85.4. The summed E-state index contributed by atoms with van der Waals surface area (Å²) in [6.07, 6.45) is 11.7. The van der Waals surface area contributed by atoms with Crippen LogP contribution in [0.1, 0.15) is 130 Å². The van der Waals surface area contributed by atoms with Crippen LogP contribution in [0.3, 0.4) is 0 Å². The first kappa shape index (κ1) is 47.0. The SMILES string of the molecule is COC(=O)C1CCCCC1C(C)=O.COC(=O)CCC(C)=O.COC(=O)CCCCC(C)=O.COC(=O)CCCCCCC(C)=O. The standard InChI is InChI=1S/C10H16O3.C10H18O3.C8H14O3.C6H10O3/c1-7(11)8-5-3-4-6-9(8)10(12)13-2;1-9(11)7-5-3-4-6-8-10(12)13-2;1-7(9)5-3-4-6-8(10)11-2;1-5(7)3-4-6(8)9-2/h8-9H,3-6H2,1-2H3;3-8H2,1-2H3;3-6H2,1-2H3;3-4H2,1-2H3. The first-order valence-electron chi connectivity index (χ1n) is 15.9. The number of methoxy groups -OCH3 is 4. The number of rotatable bonds is 17. The lowest BCUT2D eigenvalue weighted by atomic mass is 9.77. The van der Waals surface area contributed by atoms with Crippen LogP contribution in [0.15, 0.2) is 0 Å². The lowest BCUT2D eigenvalue weighted by Crippen LogP contribution is -2.32. The largest absolute Gasteiger partial charge is 0.469 e. The van der Waals surface area contributed by atoms with Crippen LogP contribution >= 0.6 is 0 Å². The van der Waals surface area contributed by atoms with E-state index in [0.29, 0.717) is 25.7 Å². The zero-order valence-corrected chi connectivity index (χ0v) is 29.4. The van der Waals surface area contributed by atoms with Gasteiger partial charge in [0.25, 0.3) is 0 Å². The van der Waals surface area contributed by atoms with Crippen molar-refractivity contribution in [2.75, 3.05) is 28.4 Å². The van der Waals surface area contributed by atoms with E-state index >= 15 is 0 Å². The van der Waals surface area contributed by atoms with Gasteiger partial charge in [-0.1, -0.05) is 25.7 Å². The van der Waals surface area contributed by atoms with Crippen molar-refractivity contribution in [1.82, 2.24) is 0 Å². The summed E-state index contributed by atoms with van der Waals surface area (Å²) in [5, 5.41) is 0. The molecule has 1 aliphatic carbocycles. The van der Waals surface area contributed by atoms with Crippen LogP contribution < -0.4 is 0 Å². The maximum Gasteiger partial charge on any atom is 0.309 e. The fourth-order valence-corrected chi connectivity index (χ4v) is 4.28. The molecule has 0 bridgehead atoms. The highest BCUT2D eigenvalue weighted by Gasteiger charge is 2.34. The van der Waals surface area contributed by atoms with Gasteiger partial charge in [0.15, 0.2) is 0 Å². The lowest BCUT2D eigenvalue weighted by molar-refractivity contribution is -0.151. The molecule has 0 aromatic rings. The van der Waals surface area contributed by atoms with Crippen molar-refractivity contribution < 1.29 is 57.3 Å². The van der Waals surface area contributed by atoms with Crippen molar-refractivity contribution in [3.63, 3.8) is 0 Å². The molecule has 1 saturated carbocycles. The molecule has 266 valence electrons. The predicted octanol–water partition coefficient (Wildman–Crippen LogP) is 5.48. The Bertz CT molecular complexity index is 925. The van der Waals surface area contributed by atoms with Gasteiger partial charge in [0, 0.05) is 38.0 Å². The highest BCUT2D eigenvalue weighted by atomic mass is 16.5. The highest BCUT2D eigenvalue weighted by Crippen LogP contribution is 2.31. The number of Topliss-reactive ketones (excluding diaryl/α,β-unsaturated/α-hetero) is 4. The van der Waals surface area contributed by atoms with Crippen molar-refractivity contribution in [2.24, 2.45) is 11.8 Å². The van der Waals surface area contributed by atoms with Gasteiger partial charge in [-0.2, -0.15) is 0 Å². The van der Waals surface area contributed by atoms with E-state index in [4.69, 9.17) is 0 Å². The number of carbonyl (C=O) groups excluding carboxylic acids is 8. The molecule has 12 nitrogen and oxygen atoms in total. The van der Waals surface area contributed by atoms with E-state index in [9.17, 15) is 38.4 Å². The van der Waals surface area contributed by atoms with Gasteiger partial charge in [-0.05, 0) is 66.2 Å². The second kappa shape index (κ2) is 31.5. The van der Waals surface area contributed by atoms with Gasteiger partial charge >= 0.3 is 23.9 Å². The van der Waals surface area contributed by atoms with Crippen molar-refractivity contribution in [3.05, 3.63) is 0 Å². The first-order chi connectivity index (χ1) is 21.7. The second-order valence-electron chi connectivity index (χ2n) is 11.1. The normalized spacial score (nSPS) is 14.6. The molecule has 0 radical (unpaired) electrons. The van der Waals surface area contributed by atoms with E-state index in [2.05, 4.69) is 18.9 Å². The molecule has 0 N–H and O–H groups in total. The van der Waals surface area contributed by atoms with Crippen LogP contribution in [-0.2, 0) is 57.3 Å². The minimum absolute atomic E-state index is 0.0143. The quantitative estimate of drug-likeness (QED) is 0.110. The van der Waals surface area contributed by atoms with Crippen molar-refractivity contribution in [3.8, 4) is 0 Å². The third-order valence-electron chi connectivity index (χ3n) is 6.98. The summed E-state index contributed by atoms with van der Waals surface area (Å²) in [5.41, 5.74) is 0. The van der Waals surface area contributed by atoms with E-state index in [1.54, 1.807) is 20.8 Å². The molecule has 1 fully saturated rings. The average molecular weight is 659 g/mol. The Morgan fingerprint density at radius 2 is 0.783 bits per heavy atom. The zero-order valence-electron chi connectivity index (χ0n) is 29.4. The van der Waals surface area contributed by atoms with Crippen LogP contribution in [0.5, 0.6) is 0 Å². The number of unbranched alkanes of at least 4 members (excludes halogenated alkanes) is 4. The molecule has 0 aromatic heterocycles. The zero-order chi connectivity index (χ0) is 35.9. The van der Waals surface area contributed by atoms with E-state index < -0.39 is 0 Å². The highest BCUT2D eigenvalue weighted by molar-refractivity contribution is 5.85. The minimum Gasteiger partial charge on any atom is -0.469 e. The molecule has 0 saturated heterocycles. The minimum atomic E-state index is -0.329. The maximum atomic E-state index is 11.3. The van der Waals surface area contributed by atoms with Gasteiger partial charge in [0.1, 0.15) is 23.1 Å². The third kappa shape index (κ3) is 32.0. The molecule has 0 spiro atoms. The third-order valence-corrected chi connectivity index (χ3v) is 6.98. The summed E-state index contributed by atoms with van der Waals surface area (Å²) in [6.45, 7) is 6.17. The predicted molar refractivity (Wildman–Crippen MR) is 172 cm³/mol. The monoisotopic (exact) mass is 658 g/mol. The molecular formula is C34H58O12. The Kier molecular flexibility index (Phi) is 32.2. The molecule has 1 aliphatic rings. The molecule has 2 atom stereocenters. The molecular weight excluding hydrogens is 600 g/mol. The molecule has 1 rings (SSSR count). The molecule has 0 heterocycles. The summed E-state index contributed by atoms with van der Waals surface area (Å²) in [7, 11) is 5.46. The van der Waals surface area contributed by atoms with Gasteiger partial charge in [-0.15, -0.1) is 0 Å². The average Bonchev–Trinajstić information content (AvgIpc) is 3.03. The topological polar surface area (TPSA) is 173 Å². The number of ether oxygens (including phenoxy) is 4. The van der Waals surface area contributed by atoms with Crippen molar-refractivity contribution >= 4 is 47.0 Å². The van der Waals surface area contributed by atoms with Crippen molar-refractivity contribution in [1.29, 1.82) is 0 Å². The Hall–Kier alpha value is -3.44. The van der Waals surface area contributed by atoms with E-state index in [-0.39, 0.29) is 71.7 Å². The molecule has 0 aromatic carbocycles. The Balaban J connectivity index is -0.000000542. The van der Waals surface area contributed by atoms with Crippen LogP contribution in [0.4, 0.5) is 0 Å². The van der Waals surface area contributed by atoms with Crippen LogP contribution in [-0.4, -0.2) is 75.4 Å². The van der Waals surface area contributed by atoms with Crippen LogP contribution in [0.25, 0.3) is 0 Å². The molecule has 0 aliphatic heterocycles. The van der Waals surface area contributed by atoms with Crippen LogP contribution in [0.2, 0.25) is 0 Å². The smallest absolute Gasteiger partial charge is 0.309 e. The number of hydrogen-bond acceptors (Lipinski definition) is 12. The van der Waals surface area contributed by atoms with Gasteiger partial charge in [-0.3, -0.25) is 24.0 Å². The summed E-state index contributed by atoms with van der Waals surface area (Å²) in [5.74, 6) is -0.624. The Labute approximate surface area is 275 Å². The van der Waals surface area contributed by atoms with Gasteiger partial charge in [0.2, 0.25) is 0 Å². The molecule has 12 heteroatoms. The fourth-order valence-electron chi connectivity index (χ4n) is 4.28. The fraction of sp³-hybridized carbons (Fsp3) is 0.765. The van der Waals surface area contributed by atoms with Gasteiger partial charge < -0.3 is 33.3 Å². The number of ketones is 4. The van der Waals surface area contributed by atoms with Gasteiger partial charge in [-0.25, -0.2) is 0 Å². The van der Waals surface area contributed by atoms with E-state index in [1.807, 2.05) is 0 Å². The first-order valence-corrected chi connectivity index (χ1v) is 15.9. The number of hydrogen-bond donors (Lipinski definition) is 0. The Morgan fingerprint density at radius 3 is 1.15 bits per heavy atom. The summed E-state index contributed by atoms with van der Waals surface area (Å²) >= 11 is 0. The Morgan fingerprint density at radius 1 is 0.435 bits per heavy atom. The van der Waals surface area contributed by atoms with Crippen molar-refractivity contribution in [2.45, 2.75) is 130 Å². The van der Waals surface area contributed by atoms with E-state index in [0.717, 1.165) is 64.2 Å². The summed E-state index contributed by atoms with van der Waals surface area (Å²) < 4.78 is 17.9. The maximum absolute atomic E-state index is 11.3. The number of esters is 4. The van der Waals surface area contributed by atoms with Gasteiger partial charge in [0.05, 0.1) is 40.8 Å². The number of carbonyl (C=O) groups is 8. The lowest BCUT2D eigenvalue weighted by Gasteiger charge is -2.27. The van der Waals surface area contributed by atoms with Crippen LogP contribution in [0, 0.1) is 11.8 Å². The van der Waals surface area contributed by atoms with E-state index in [1.165, 1.54) is 35.4 Å². The molecule has 2 unspecified atom stereocenters.